The van der Waals surface area contributed by atoms with Crippen molar-refractivity contribution >= 4 is 39.1 Å². The molecular formula is C41H60N6O. The van der Waals surface area contributed by atoms with Crippen LogP contribution in [0.2, 0.25) is 0 Å². The second-order valence-corrected chi connectivity index (χ2v) is 14.9. The van der Waals surface area contributed by atoms with Crippen LogP contribution in [0.4, 0.5) is 11.4 Å². The normalized spacial score (nSPS) is 17.0. The van der Waals surface area contributed by atoms with Gasteiger partial charge in [0.1, 0.15) is 0 Å². The Morgan fingerprint density at radius 3 is 1.65 bits per heavy atom. The monoisotopic (exact) mass is 652 g/mol. The van der Waals surface area contributed by atoms with Crippen LogP contribution in [0.15, 0.2) is 48.8 Å². The van der Waals surface area contributed by atoms with Gasteiger partial charge in [0.2, 0.25) is 5.91 Å². The van der Waals surface area contributed by atoms with Gasteiger partial charge in [0, 0.05) is 58.5 Å². The Balaban J connectivity index is 0.783. The van der Waals surface area contributed by atoms with E-state index in [4.69, 9.17) is 0 Å². The summed E-state index contributed by atoms with van der Waals surface area (Å²) in [5.41, 5.74) is 7.51. The lowest BCUT2D eigenvalue weighted by molar-refractivity contribution is -0.116. The smallest absolute Gasteiger partial charge is 0.224 e. The van der Waals surface area contributed by atoms with Gasteiger partial charge in [-0.15, -0.1) is 0 Å². The summed E-state index contributed by atoms with van der Waals surface area (Å²) in [7, 11) is 4.44. The molecule has 6 rings (SSSR count). The predicted octanol–water partition coefficient (Wildman–Crippen LogP) is 9.61. The number of amides is 1. The first kappa shape index (κ1) is 34.6. The molecule has 7 heteroatoms. The average Bonchev–Trinajstić information content (AvgIpc) is 3.72. The van der Waals surface area contributed by atoms with Crippen LogP contribution in [0.25, 0.3) is 21.8 Å². The lowest BCUT2D eigenvalue weighted by Crippen LogP contribution is -2.29. The van der Waals surface area contributed by atoms with Gasteiger partial charge in [-0.1, -0.05) is 51.4 Å². The third-order valence-electron chi connectivity index (χ3n) is 11.2. The first-order valence-corrected chi connectivity index (χ1v) is 19.2. The fourth-order valence-electron chi connectivity index (χ4n) is 8.07. The van der Waals surface area contributed by atoms with Crippen LogP contribution < -0.4 is 10.6 Å². The van der Waals surface area contributed by atoms with Crippen molar-refractivity contribution in [2.24, 2.45) is 0 Å². The standard InChI is InChI=1S/C41H60N6O/c1-46-23-18-31(19-24-46)37-29-43-39-16-14-33(27-35(37)39)42-22-12-10-8-6-4-3-5-7-9-11-13-41(48)45-34-15-17-40-36(28-34)38(30-44-40)32-20-25-47(2)26-21-32/h14-17,27-32,42-44H,3-13,18-26H2,1-2H3,(H,45,48). The Kier molecular flexibility index (Phi) is 12.5. The molecule has 0 atom stereocenters. The van der Waals surface area contributed by atoms with Crippen molar-refractivity contribution in [3.63, 3.8) is 0 Å². The van der Waals surface area contributed by atoms with Gasteiger partial charge >= 0.3 is 0 Å². The summed E-state index contributed by atoms with van der Waals surface area (Å²) in [5, 5.41) is 9.52. The molecule has 2 aliphatic rings. The summed E-state index contributed by atoms with van der Waals surface area (Å²) in [6.07, 6.45) is 22.4. The number of fused-ring (bicyclic) bond motifs is 2. The summed E-state index contributed by atoms with van der Waals surface area (Å²) in [4.78, 5) is 24.5. The Labute approximate surface area is 288 Å². The fourth-order valence-corrected chi connectivity index (χ4v) is 8.07. The van der Waals surface area contributed by atoms with E-state index in [1.54, 1.807) is 0 Å². The van der Waals surface area contributed by atoms with Gasteiger partial charge in [0.05, 0.1) is 0 Å². The molecule has 0 radical (unpaired) electrons. The van der Waals surface area contributed by atoms with Crippen molar-refractivity contribution in [1.29, 1.82) is 0 Å². The topological polar surface area (TPSA) is 79.2 Å². The second-order valence-electron chi connectivity index (χ2n) is 14.9. The van der Waals surface area contributed by atoms with Gasteiger partial charge < -0.3 is 30.4 Å². The lowest BCUT2D eigenvalue weighted by atomic mass is 9.89. The number of anilines is 2. The summed E-state index contributed by atoms with van der Waals surface area (Å²) in [6, 6.07) is 13.1. The average molecular weight is 653 g/mol. The van der Waals surface area contributed by atoms with E-state index < -0.39 is 0 Å². The molecule has 0 spiro atoms. The van der Waals surface area contributed by atoms with Crippen molar-refractivity contribution in [2.45, 2.75) is 108 Å². The van der Waals surface area contributed by atoms with E-state index in [0.717, 1.165) is 43.7 Å². The Morgan fingerprint density at radius 1 is 0.646 bits per heavy atom. The minimum absolute atomic E-state index is 0.141. The maximum Gasteiger partial charge on any atom is 0.224 e. The lowest BCUT2D eigenvalue weighted by Gasteiger charge is -2.28. The summed E-state index contributed by atoms with van der Waals surface area (Å²) in [5.74, 6) is 1.42. The van der Waals surface area contributed by atoms with Crippen molar-refractivity contribution in [1.82, 2.24) is 19.8 Å². The quantitative estimate of drug-likeness (QED) is 0.0857. The minimum atomic E-state index is 0.141. The first-order chi connectivity index (χ1) is 23.5. The van der Waals surface area contributed by atoms with E-state index in [-0.39, 0.29) is 5.91 Å². The van der Waals surface area contributed by atoms with Crippen LogP contribution in [-0.2, 0) is 4.79 Å². The highest BCUT2D eigenvalue weighted by atomic mass is 16.1. The summed E-state index contributed by atoms with van der Waals surface area (Å²) >= 11 is 0. The predicted molar refractivity (Wildman–Crippen MR) is 203 cm³/mol. The number of benzene rings is 2. The first-order valence-electron chi connectivity index (χ1n) is 19.2. The maximum absolute atomic E-state index is 12.7. The molecular weight excluding hydrogens is 592 g/mol. The summed E-state index contributed by atoms with van der Waals surface area (Å²) < 4.78 is 0. The Bertz CT molecular complexity index is 1570. The number of nitrogens with zero attached hydrogens (tertiary/aromatic N) is 2. The largest absolute Gasteiger partial charge is 0.385 e. The van der Waals surface area contributed by atoms with Crippen LogP contribution in [-0.4, -0.2) is 72.5 Å². The van der Waals surface area contributed by atoms with Crippen molar-refractivity contribution in [3.05, 3.63) is 59.9 Å². The van der Waals surface area contributed by atoms with Gasteiger partial charge in [0.15, 0.2) is 0 Å². The van der Waals surface area contributed by atoms with E-state index in [1.807, 2.05) is 6.07 Å². The van der Waals surface area contributed by atoms with Gasteiger partial charge in [-0.2, -0.15) is 0 Å². The molecule has 2 fully saturated rings. The van der Waals surface area contributed by atoms with Crippen LogP contribution in [0, 0.1) is 0 Å². The number of likely N-dealkylation sites (tertiary alicyclic amines) is 2. The highest BCUT2D eigenvalue weighted by molar-refractivity contribution is 5.94. The zero-order chi connectivity index (χ0) is 33.1. The SMILES string of the molecule is CN1CCC(c2c[nH]c3ccc(NCCCCCCCCCCCCC(=O)Nc4ccc5[nH]cc(C6CCN(C)CC6)c5c4)cc23)CC1. The molecule has 260 valence electrons. The number of carbonyl (C=O) groups is 1. The van der Waals surface area contributed by atoms with Crippen molar-refractivity contribution in [2.75, 3.05) is 57.5 Å². The minimum Gasteiger partial charge on any atom is -0.385 e. The van der Waals surface area contributed by atoms with Gasteiger partial charge in [-0.3, -0.25) is 4.79 Å². The number of H-pyrrole nitrogens is 2. The van der Waals surface area contributed by atoms with Gasteiger partial charge in [-0.25, -0.2) is 0 Å². The molecule has 7 nitrogen and oxygen atoms in total. The molecule has 0 unspecified atom stereocenters. The molecule has 2 saturated heterocycles. The molecule has 2 aromatic carbocycles. The van der Waals surface area contributed by atoms with E-state index in [9.17, 15) is 4.79 Å². The van der Waals surface area contributed by atoms with Crippen molar-refractivity contribution < 1.29 is 4.79 Å². The van der Waals surface area contributed by atoms with Gasteiger partial charge in [-0.05, 0) is 138 Å². The number of piperidine rings is 2. The zero-order valence-corrected chi connectivity index (χ0v) is 29.7. The molecule has 4 heterocycles. The van der Waals surface area contributed by atoms with E-state index in [2.05, 4.69) is 87.2 Å². The van der Waals surface area contributed by atoms with E-state index in [0.29, 0.717) is 18.3 Å². The van der Waals surface area contributed by atoms with Crippen LogP contribution >= 0.6 is 0 Å². The molecule has 0 saturated carbocycles. The molecule has 0 aliphatic carbocycles. The molecule has 1 amide bonds. The maximum atomic E-state index is 12.7. The number of hydrogen-bond acceptors (Lipinski definition) is 4. The molecule has 4 N–H and O–H groups in total. The third kappa shape index (κ3) is 9.44. The van der Waals surface area contributed by atoms with Crippen LogP contribution in [0.5, 0.6) is 0 Å². The van der Waals surface area contributed by atoms with Crippen molar-refractivity contribution in [3.8, 4) is 0 Å². The van der Waals surface area contributed by atoms with E-state index >= 15 is 0 Å². The van der Waals surface area contributed by atoms with Crippen LogP contribution in [0.3, 0.4) is 0 Å². The second kappa shape index (κ2) is 17.4. The Morgan fingerprint density at radius 2 is 1.10 bits per heavy atom. The highest BCUT2D eigenvalue weighted by Gasteiger charge is 2.22. The number of rotatable bonds is 17. The number of hydrogen-bond donors (Lipinski definition) is 4. The number of aromatic nitrogens is 2. The molecule has 48 heavy (non-hydrogen) atoms. The van der Waals surface area contributed by atoms with E-state index in [1.165, 1.54) is 123 Å². The molecule has 2 aromatic heterocycles. The number of aromatic amines is 2. The van der Waals surface area contributed by atoms with Gasteiger partial charge in [0.25, 0.3) is 0 Å². The Hall–Kier alpha value is -3.29. The molecule has 2 aliphatic heterocycles. The third-order valence-corrected chi connectivity index (χ3v) is 11.2. The molecule has 0 bridgehead atoms. The number of carbonyl (C=O) groups excluding carboxylic acids is 1. The zero-order valence-electron chi connectivity index (χ0n) is 29.7. The fraction of sp³-hybridized carbons (Fsp3) is 0.585. The molecule has 4 aromatic rings. The highest BCUT2D eigenvalue weighted by Crippen LogP contribution is 2.35. The summed E-state index contributed by atoms with van der Waals surface area (Å²) in [6.45, 7) is 5.75. The number of unbranched alkanes of at least 4 members (excludes halogenated alkanes) is 9. The van der Waals surface area contributed by atoms with Crippen LogP contribution in [0.1, 0.15) is 119 Å². The number of nitrogens with one attached hydrogen (secondary N) is 4.